The number of rotatable bonds is 5. The number of aromatic nitrogens is 4. The van der Waals surface area contributed by atoms with Crippen molar-refractivity contribution in [1.82, 2.24) is 19.8 Å². The first-order valence-corrected chi connectivity index (χ1v) is 6.92. The van der Waals surface area contributed by atoms with Gasteiger partial charge >= 0.3 is 0 Å². The summed E-state index contributed by atoms with van der Waals surface area (Å²) in [5, 5.41) is 15.8. The molecule has 0 saturated carbocycles. The van der Waals surface area contributed by atoms with Gasteiger partial charge in [-0.05, 0) is 12.3 Å². The molecule has 0 saturated heterocycles. The Morgan fingerprint density at radius 1 is 1.44 bits per heavy atom. The highest BCUT2D eigenvalue weighted by molar-refractivity contribution is 7.20. The molecule has 0 aliphatic heterocycles. The van der Waals surface area contributed by atoms with Crippen LogP contribution in [-0.4, -0.2) is 25.7 Å². The van der Waals surface area contributed by atoms with E-state index in [2.05, 4.69) is 27.5 Å². The fourth-order valence-corrected chi connectivity index (χ4v) is 2.40. The van der Waals surface area contributed by atoms with Crippen LogP contribution in [0.5, 0.6) is 0 Å². The van der Waals surface area contributed by atoms with Crippen LogP contribution in [0.15, 0.2) is 0 Å². The van der Waals surface area contributed by atoms with Crippen molar-refractivity contribution in [1.29, 1.82) is 0 Å². The number of carbonyl (C=O) groups excluding carboxylic acids is 1. The number of hydrogen-bond acceptors (Lipinski definition) is 5. The van der Waals surface area contributed by atoms with Crippen LogP contribution in [-0.2, 0) is 11.2 Å². The number of hydrogen-bond donors (Lipinski definition) is 1. The second-order valence-electron chi connectivity index (χ2n) is 4.61. The van der Waals surface area contributed by atoms with Crippen LogP contribution in [0.4, 0.5) is 5.13 Å². The van der Waals surface area contributed by atoms with E-state index >= 15 is 0 Å². The number of nitrogens with zero attached hydrogens (tertiary/aromatic N) is 4. The molecule has 1 amide bonds. The Morgan fingerprint density at radius 2 is 2.22 bits per heavy atom. The molecule has 0 aliphatic carbocycles. The van der Waals surface area contributed by atoms with E-state index < -0.39 is 0 Å². The van der Waals surface area contributed by atoms with Crippen molar-refractivity contribution in [3.8, 4) is 0 Å². The maximum atomic E-state index is 11.6. The zero-order valence-electron chi connectivity index (χ0n) is 10.8. The van der Waals surface area contributed by atoms with E-state index in [9.17, 15) is 4.79 Å². The molecule has 18 heavy (non-hydrogen) atoms. The van der Waals surface area contributed by atoms with Crippen LogP contribution < -0.4 is 5.32 Å². The molecule has 2 aromatic heterocycles. The standard InChI is InChI=1S/C11H17N5OS/c1-4-5-8-13-14-11-16(8)15-10(18-11)12-9(17)6-7(2)3/h7H,4-6H2,1-3H3,(H,12,15,17). The third kappa shape index (κ3) is 2.84. The van der Waals surface area contributed by atoms with Crippen molar-refractivity contribution >= 4 is 27.3 Å². The molecular weight excluding hydrogens is 250 g/mol. The summed E-state index contributed by atoms with van der Waals surface area (Å²) in [6.45, 7) is 6.10. The maximum absolute atomic E-state index is 11.6. The summed E-state index contributed by atoms with van der Waals surface area (Å²) in [5.41, 5.74) is 0. The lowest BCUT2D eigenvalue weighted by Crippen LogP contribution is -2.14. The second kappa shape index (κ2) is 5.43. The fraction of sp³-hybridized carbons (Fsp3) is 0.636. The van der Waals surface area contributed by atoms with E-state index in [1.54, 1.807) is 4.52 Å². The van der Waals surface area contributed by atoms with Gasteiger partial charge < -0.3 is 5.32 Å². The molecule has 2 rings (SSSR count). The van der Waals surface area contributed by atoms with Gasteiger partial charge in [-0.25, -0.2) is 0 Å². The first-order chi connectivity index (χ1) is 8.60. The summed E-state index contributed by atoms with van der Waals surface area (Å²) in [7, 11) is 0. The number of nitrogens with one attached hydrogen (secondary N) is 1. The molecule has 6 nitrogen and oxygen atoms in total. The Labute approximate surface area is 109 Å². The first kappa shape index (κ1) is 12.9. The molecule has 0 bridgehead atoms. The van der Waals surface area contributed by atoms with Gasteiger partial charge in [0, 0.05) is 12.8 Å². The van der Waals surface area contributed by atoms with Crippen molar-refractivity contribution in [2.75, 3.05) is 5.32 Å². The highest BCUT2D eigenvalue weighted by atomic mass is 32.1. The van der Waals surface area contributed by atoms with Crippen LogP contribution >= 0.6 is 11.3 Å². The van der Waals surface area contributed by atoms with Crippen LogP contribution in [0.2, 0.25) is 0 Å². The summed E-state index contributed by atoms with van der Waals surface area (Å²) in [5.74, 6) is 1.17. The normalized spacial score (nSPS) is 11.3. The van der Waals surface area contributed by atoms with E-state index in [1.807, 2.05) is 13.8 Å². The molecule has 0 spiro atoms. The third-order valence-electron chi connectivity index (χ3n) is 2.37. The van der Waals surface area contributed by atoms with Gasteiger partial charge in [0.2, 0.25) is 16.0 Å². The summed E-state index contributed by atoms with van der Waals surface area (Å²) in [6.07, 6.45) is 2.33. The number of carbonyl (C=O) groups is 1. The van der Waals surface area contributed by atoms with Crippen molar-refractivity contribution in [3.63, 3.8) is 0 Å². The molecule has 98 valence electrons. The molecular formula is C11H17N5OS. The van der Waals surface area contributed by atoms with Gasteiger partial charge in [-0.3, -0.25) is 4.79 Å². The summed E-state index contributed by atoms with van der Waals surface area (Å²) in [4.78, 5) is 12.4. The molecule has 1 N–H and O–H groups in total. The third-order valence-corrected chi connectivity index (χ3v) is 3.18. The summed E-state index contributed by atoms with van der Waals surface area (Å²) >= 11 is 1.35. The lowest BCUT2D eigenvalue weighted by Gasteiger charge is -2.03. The van der Waals surface area contributed by atoms with E-state index in [1.165, 1.54) is 11.3 Å². The largest absolute Gasteiger partial charge is 0.301 e. The number of amides is 1. The number of aryl methyl sites for hydroxylation is 1. The van der Waals surface area contributed by atoms with E-state index in [4.69, 9.17) is 0 Å². The van der Waals surface area contributed by atoms with Crippen LogP contribution in [0.3, 0.4) is 0 Å². The minimum atomic E-state index is -0.00740. The van der Waals surface area contributed by atoms with Gasteiger partial charge in [0.1, 0.15) is 0 Å². The average molecular weight is 267 g/mol. The van der Waals surface area contributed by atoms with Gasteiger partial charge in [0.05, 0.1) is 0 Å². The van der Waals surface area contributed by atoms with Gasteiger partial charge in [-0.1, -0.05) is 32.1 Å². The average Bonchev–Trinajstić information content (AvgIpc) is 2.79. The van der Waals surface area contributed by atoms with Gasteiger partial charge in [0.25, 0.3) is 0 Å². The van der Waals surface area contributed by atoms with Crippen molar-refractivity contribution < 1.29 is 4.79 Å². The zero-order chi connectivity index (χ0) is 13.1. The van der Waals surface area contributed by atoms with Gasteiger partial charge in [0.15, 0.2) is 5.82 Å². The predicted molar refractivity (Wildman–Crippen MR) is 70.7 cm³/mol. The SMILES string of the molecule is CCCc1nnc2sc(NC(=O)CC(C)C)nn12. The fourth-order valence-electron chi connectivity index (χ4n) is 1.63. The van der Waals surface area contributed by atoms with Crippen molar-refractivity contribution in [2.45, 2.75) is 40.0 Å². The van der Waals surface area contributed by atoms with Gasteiger partial charge in [-0.15, -0.1) is 15.3 Å². The zero-order valence-corrected chi connectivity index (χ0v) is 11.6. The summed E-state index contributed by atoms with van der Waals surface area (Å²) < 4.78 is 1.71. The molecule has 0 radical (unpaired) electrons. The van der Waals surface area contributed by atoms with E-state index in [-0.39, 0.29) is 5.91 Å². The van der Waals surface area contributed by atoms with Gasteiger partial charge in [-0.2, -0.15) is 4.52 Å². The lowest BCUT2D eigenvalue weighted by atomic mass is 10.1. The minimum Gasteiger partial charge on any atom is -0.301 e. The lowest BCUT2D eigenvalue weighted by molar-refractivity contribution is -0.116. The Morgan fingerprint density at radius 3 is 2.89 bits per heavy atom. The van der Waals surface area contributed by atoms with Crippen LogP contribution in [0.1, 0.15) is 39.4 Å². The van der Waals surface area contributed by atoms with Crippen LogP contribution in [0.25, 0.3) is 4.96 Å². The first-order valence-electron chi connectivity index (χ1n) is 6.11. The topological polar surface area (TPSA) is 72.2 Å². The predicted octanol–water partition coefficient (Wildman–Crippen LogP) is 2.12. The Kier molecular flexibility index (Phi) is 3.90. The van der Waals surface area contributed by atoms with E-state index in [0.29, 0.717) is 17.5 Å². The second-order valence-corrected chi connectivity index (χ2v) is 5.57. The number of anilines is 1. The maximum Gasteiger partial charge on any atom is 0.236 e. The molecule has 0 unspecified atom stereocenters. The Hall–Kier alpha value is -1.50. The quantitative estimate of drug-likeness (QED) is 0.900. The van der Waals surface area contributed by atoms with Crippen molar-refractivity contribution in [2.24, 2.45) is 5.92 Å². The molecule has 7 heteroatoms. The smallest absolute Gasteiger partial charge is 0.236 e. The Bertz CT molecular complexity index is 545. The molecule has 2 aromatic rings. The number of fused-ring (bicyclic) bond motifs is 1. The van der Waals surface area contributed by atoms with Crippen molar-refractivity contribution in [3.05, 3.63) is 5.82 Å². The van der Waals surface area contributed by atoms with Crippen LogP contribution in [0, 0.1) is 5.92 Å². The summed E-state index contributed by atoms with van der Waals surface area (Å²) in [6, 6.07) is 0. The molecule has 0 aromatic carbocycles. The molecule has 0 atom stereocenters. The molecule has 0 aliphatic rings. The highest BCUT2D eigenvalue weighted by Crippen LogP contribution is 2.19. The Balaban J connectivity index is 2.12. The van der Waals surface area contributed by atoms with E-state index in [0.717, 1.165) is 23.6 Å². The molecule has 2 heterocycles. The minimum absolute atomic E-state index is 0.00740. The molecule has 0 fully saturated rings. The highest BCUT2D eigenvalue weighted by Gasteiger charge is 2.13. The monoisotopic (exact) mass is 267 g/mol.